The summed E-state index contributed by atoms with van der Waals surface area (Å²) in [4.78, 5) is 15.7. The second-order valence-corrected chi connectivity index (χ2v) is 4.88. The molecule has 0 aliphatic heterocycles. The lowest BCUT2D eigenvalue weighted by atomic mass is 10.1. The lowest BCUT2D eigenvalue weighted by Gasteiger charge is -2.12. The van der Waals surface area contributed by atoms with Crippen molar-refractivity contribution in [3.63, 3.8) is 0 Å². The van der Waals surface area contributed by atoms with E-state index in [4.69, 9.17) is 11.6 Å². The minimum atomic E-state index is -0.398. The van der Waals surface area contributed by atoms with Crippen molar-refractivity contribution in [3.8, 4) is 0 Å². The molecule has 20 heavy (non-hydrogen) atoms. The van der Waals surface area contributed by atoms with Crippen LogP contribution in [0, 0.1) is 11.7 Å². The molecule has 0 bridgehead atoms. The largest absolute Gasteiger partial charge is 0.352 e. The maximum absolute atomic E-state index is 12.9. The first kappa shape index (κ1) is 14.5. The Morgan fingerprint density at radius 2 is 2.35 bits per heavy atom. The van der Waals surface area contributed by atoms with Gasteiger partial charge in [-0.2, -0.15) is 5.10 Å². The molecule has 1 aromatic heterocycles. The molecule has 1 atom stereocenters. The average Bonchev–Trinajstić information content (AvgIpc) is 2.90. The highest BCUT2D eigenvalue weighted by Gasteiger charge is 2.14. The summed E-state index contributed by atoms with van der Waals surface area (Å²) in [7, 11) is 0. The highest BCUT2D eigenvalue weighted by Crippen LogP contribution is 2.17. The Bertz CT molecular complexity index is 588. The van der Waals surface area contributed by atoms with Crippen molar-refractivity contribution in [1.82, 2.24) is 20.1 Å². The number of benzene rings is 1. The zero-order valence-electron chi connectivity index (χ0n) is 10.9. The molecule has 1 heterocycles. The van der Waals surface area contributed by atoms with Crippen LogP contribution in [-0.2, 0) is 17.9 Å². The van der Waals surface area contributed by atoms with Crippen molar-refractivity contribution in [2.75, 3.05) is 0 Å². The molecule has 7 heteroatoms. The fourth-order valence-electron chi connectivity index (χ4n) is 1.71. The summed E-state index contributed by atoms with van der Waals surface area (Å²) in [5.74, 6) is -0.776. The molecule has 0 spiro atoms. The first-order valence-electron chi connectivity index (χ1n) is 6.10. The predicted octanol–water partition coefficient (Wildman–Crippen LogP) is 2.02. The smallest absolute Gasteiger partial charge is 0.224 e. The van der Waals surface area contributed by atoms with Crippen molar-refractivity contribution in [3.05, 3.63) is 47.3 Å². The number of carbonyl (C=O) groups excluding carboxylic acids is 1. The van der Waals surface area contributed by atoms with Gasteiger partial charge in [0.1, 0.15) is 18.5 Å². The van der Waals surface area contributed by atoms with Crippen molar-refractivity contribution < 1.29 is 9.18 Å². The number of nitrogens with one attached hydrogen (secondary N) is 1. The van der Waals surface area contributed by atoms with E-state index in [2.05, 4.69) is 15.4 Å². The van der Waals surface area contributed by atoms with Gasteiger partial charge in [-0.1, -0.05) is 24.6 Å². The fourth-order valence-corrected chi connectivity index (χ4v) is 1.95. The van der Waals surface area contributed by atoms with Crippen LogP contribution < -0.4 is 5.32 Å². The molecule has 1 amide bonds. The lowest BCUT2D eigenvalue weighted by molar-refractivity contribution is -0.125. The molecular formula is C13H14ClFN4O. The molecule has 0 radical (unpaired) electrons. The monoisotopic (exact) mass is 296 g/mol. The minimum absolute atomic E-state index is 0.124. The van der Waals surface area contributed by atoms with E-state index in [0.29, 0.717) is 17.1 Å². The summed E-state index contributed by atoms with van der Waals surface area (Å²) < 4.78 is 14.5. The minimum Gasteiger partial charge on any atom is -0.352 e. The van der Waals surface area contributed by atoms with Crippen LogP contribution in [0.15, 0.2) is 30.9 Å². The van der Waals surface area contributed by atoms with Gasteiger partial charge in [0.05, 0.1) is 12.5 Å². The Labute approximate surface area is 120 Å². The lowest BCUT2D eigenvalue weighted by Crippen LogP contribution is -2.31. The molecular weight excluding hydrogens is 283 g/mol. The predicted molar refractivity (Wildman–Crippen MR) is 72.4 cm³/mol. The Morgan fingerprint density at radius 1 is 1.55 bits per heavy atom. The van der Waals surface area contributed by atoms with Gasteiger partial charge < -0.3 is 5.32 Å². The summed E-state index contributed by atoms with van der Waals surface area (Å²) >= 11 is 5.89. The summed E-state index contributed by atoms with van der Waals surface area (Å²) in [5.41, 5.74) is 0.675. The van der Waals surface area contributed by atoms with Gasteiger partial charge in [-0.3, -0.25) is 9.48 Å². The molecule has 2 rings (SSSR count). The summed E-state index contributed by atoms with van der Waals surface area (Å²) in [5, 5.41) is 7.01. The summed E-state index contributed by atoms with van der Waals surface area (Å²) in [6.07, 6.45) is 2.98. The number of rotatable bonds is 5. The molecule has 5 nitrogen and oxygen atoms in total. The van der Waals surface area contributed by atoms with Crippen molar-refractivity contribution in [2.45, 2.75) is 20.0 Å². The van der Waals surface area contributed by atoms with Crippen LogP contribution in [0.25, 0.3) is 0 Å². The third-order valence-electron chi connectivity index (χ3n) is 2.84. The molecule has 0 aliphatic rings. The average molecular weight is 297 g/mol. The van der Waals surface area contributed by atoms with Gasteiger partial charge in [-0.15, -0.1) is 0 Å². The van der Waals surface area contributed by atoms with Gasteiger partial charge in [0.2, 0.25) is 5.91 Å². The van der Waals surface area contributed by atoms with Gasteiger partial charge in [0, 0.05) is 11.6 Å². The summed E-state index contributed by atoms with van der Waals surface area (Å²) in [6, 6.07) is 4.09. The molecule has 0 saturated carbocycles. The van der Waals surface area contributed by atoms with Crippen LogP contribution in [0.5, 0.6) is 0 Å². The van der Waals surface area contributed by atoms with E-state index in [-0.39, 0.29) is 18.4 Å². The van der Waals surface area contributed by atoms with E-state index in [1.807, 2.05) is 0 Å². The molecule has 106 valence electrons. The fraction of sp³-hybridized carbons (Fsp3) is 0.308. The number of halogens is 2. The quantitative estimate of drug-likeness (QED) is 0.918. The van der Waals surface area contributed by atoms with Gasteiger partial charge in [-0.05, 0) is 17.7 Å². The molecule has 1 unspecified atom stereocenters. The van der Waals surface area contributed by atoms with Crippen molar-refractivity contribution in [1.29, 1.82) is 0 Å². The SMILES string of the molecule is CC(Cn1cncn1)C(=O)NCc1ccc(F)cc1Cl. The second-order valence-electron chi connectivity index (χ2n) is 4.47. The number of nitrogens with zero attached hydrogens (tertiary/aromatic N) is 3. The molecule has 1 aromatic carbocycles. The first-order valence-corrected chi connectivity index (χ1v) is 6.48. The zero-order valence-corrected chi connectivity index (χ0v) is 11.6. The van der Waals surface area contributed by atoms with Crippen LogP contribution >= 0.6 is 11.6 Å². The molecule has 0 fully saturated rings. The Morgan fingerprint density at radius 3 is 3.00 bits per heavy atom. The van der Waals surface area contributed by atoms with E-state index in [0.717, 1.165) is 0 Å². The van der Waals surface area contributed by atoms with Crippen LogP contribution in [0.4, 0.5) is 4.39 Å². The van der Waals surface area contributed by atoms with Crippen molar-refractivity contribution >= 4 is 17.5 Å². The number of carbonyl (C=O) groups is 1. The highest BCUT2D eigenvalue weighted by molar-refractivity contribution is 6.31. The summed E-state index contributed by atoms with van der Waals surface area (Å²) in [6.45, 7) is 2.51. The maximum Gasteiger partial charge on any atom is 0.224 e. The van der Waals surface area contributed by atoms with E-state index < -0.39 is 5.82 Å². The molecule has 0 aliphatic carbocycles. The standard InChI is InChI=1S/C13H14ClFN4O/c1-9(6-19-8-16-7-18-19)13(20)17-5-10-2-3-11(15)4-12(10)14/h2-4,7-9H,5-6H2,1H3,(H,17,20). The zero-order chi connectivity index (χ0) is 14.5. The second kappa shape index (κ2) is 6.47. The third-order valence-corrected chi connectivity index (χ3v) is 3.20. The number of hydrogen-bond donors (Lipinski definition) is 1. The maximum atomic E-state index is 12.9. The number of aromatic nitrogens is 3. The van der Waals surface area contributed by atoms with E-state index in [1.165, 1.54) is 18.5 Å². The van der Waals surface area contributed by atoms with E-state index in [9.17, 15) is 9.18 Å². The van der Waals surface area contributed by atoms with Crippen molar-refractivity contribution in [2.24, 2.45) is 5.92 Å². The first-order chi connectivity index (χ1) is 9.56. The highest BCUT2D eigenvalue weighted by atomic mass is 35.5. The Kier molecular flexibility index (Phi) is 4.68. The number of amides is 1. The molecule has 2 aromatic rings. The van der Waals surface area contributed by atoms with Crippen LogP contribution in [0.1, 0.15) is 12.5 Å². The van der Waals surface area contributed by atoms with Gasteiger partial charge >= 0.3 is 0 Å². The van der Waals surface area contributed by atoms with Crippen LogP contribution in [0.2, 0.25) is 5.02 Å². The Hall–Kier alpha value is -1.95. The molecule has 0 saturated heterocycles. The van der Waals surface area contributed by atoms with E-state index >= 15 is 0 Å². The Balaban J connectivity index is 1.88. The van der Waals surface area contributed by atoms with Crippen LogP contribution in [-0.4, -0.2) is 20.7 Å². The van der Waals surface area contributed by atoms with Gasteiger partial charge in [0.25, 0.3) is 0 Å². The normalized spacial score (nSPS) is 12.2. The van der Waals surface area contributed by atoms with Gasteiger partial charge in [-0.25, -0.2) is 9.37 Å². The number of hydrogen-bond acceptors (Lipinski definition) is 3. The van der Waals surface area contributed by atoms with Gasteiger partial charge in [0.15, 0.2) is 0 Å². The molecule has 1 N–H and O–H groups in total. The van der Waals surface area contributed by atoms with E-state index in [1.54, 1.807) is 24.0 Å². The topological polar surface area (TPSA) is 59.8 Å². The van der Waals surface area contributed by atoms with Crippen LogP contribution in [0.3, 0.4) is 0 Å². The third kappa shape index (κ3) is 3.77.